The molecule has 0 saturated carbocycles. The SMILES string of the molecule is Cc1noc(C)c1-c1cc(C(N)=O)c2c3cc(C(=O)N4CC(F)C4)ccc3n(C)c2c1. The largest absolute Gasteiger partial charge is 0.366 e. The Labute approximate surface area is 177 Å². The van der Waals surface area contributed by atoms with E-state index in [1.807, 2.05) is 37.6 Å². The molecule has 0 bridgehead atoms. The third-order valence-electron chi connectivity index (χ3n) is 6.06. The highest BCUT2D eigenvalue weighted by atomic mass is 19.1. The van der Waals surface area contributed by atoms with Crippen molar-refractivity contribution >= 4 is 33.6 Å². The highest BCUT2D eigenvalue weighted by molar-refractivity contribution is 6.20. The van der Waals surface area contributed by atoms with E-state index in [1.54, 1.807) is 18.2 Å². The highest BCUT2D eigenvalue weighted by Gasteiger charge is 2.31. The van der Waals surface area contributed by atoms with Gasteiger partial charge in [-0.2, -0.15) is 0 Å². The first-order valence-corrected chi connectivity index (χ1v) is 9.99. The van der Waals surface area contributed by atoms with Gasteiger partial charge in [0.1, 0.15) is 11.9 Å². The molecule has 7 nitrogen and oxygen atoms in total. The number of likely N-dealkylation sites (tertiary alicyclic amines) is 1. The van der Waals surface area contributed by atoms with E-state index in [-0.39, 0.29) is 19.0 Å². The van der Waals surface area contributed by atoms with Gasteiger partial charge >= 0.3 is 0 Å². The van der Waals surface area contributed by atoms with Gasteiger partial charge in [-0.25, -0.2) is 4.39 Å². The number of alkyl halides is 1. The number of aryl methyl sites for hydroxylation is 3. The molecule has 0 spiro atoms. The average Bonchev–Trinajstić information content (AvgIpc) is 3.20. The van der Waals surface area contributed by atoms with Crippen LogP contribution in [0.3, 0.4) is 0 Å². The lowest BCUT2D eigenvalue weighted by Crippen LogP contribution is -2.51. The van der Waals surface area contributed by atoms with Crippen molar-refractivity contribution in [3.63, 3.8) is 0 Å². The van der Waals surface area contributed by atoms with E-state index in [0.29, 0.717) is 22.3 Å². The van der Waals surface area contributed by atoms with Crippen LogP contribution in [0.2, 0.25) is 0 Å². The van der Waals surface area contributed by atoms with Crippen LogP contribution in [-0.4, -0.2) is 45.7 Å². The first-order chi connectivity index (χ1) is 14.8. The van der Waals surface area contributed by atoms with Crippen LogP contribution < -0.4 is 5.73 Å². The van der Waals surface area contributed by atoms with Gasteiger partial charge in [-0.05, 0) is 49.7 Å². The Hall–Kier alpha value is -3.68. The molecule has 158 valence electrons. The summed E-state index contributed by atoms with van der Waals surface area (Å²) in [5.41, 5.74) is 10.6. The molecule has 2 aromatic carbocycles. The number of fused-ring (bicyclic) bond motifs is 3. The predicted octanol–water partition coefficient (Wildman–Crippen LogP) is 3.50. The number of nitrogens with two attached hydrogens (primary N) is 1. The standard InChI is InChI=1S/C23H21FN4O3/c1-11-20(12(2)31-26-11)14-7-17(22(25)29)21-16-6-13(23(30)28-9-15(24)10-28)4-5-18(16)27(3)19(21)8-14/h4-8,15H,9-10H2,1-3H3,(H2,25,29). The molecule has 8 heteroatoms. The quantitative estimate of drug-likeness (QED) is 0.549. The lowest BCUT2D eigenvalue weighted by atomic mass is 9.97. The fourth-order valence-corrected chi connectivity index (χ4v) is 4.47. The van der Waals surface area contributed by atoms with Crippen LogP contribution >= 0.6 is 0 Å². The normalized spacial score (nSPS) is 14.4. The van der Waals surface area contributed by atoms with Crippen LogP contribution in [0.15, 0.2) is 34.9 Å². The Morgan fingerprint density at radius 3 is 2.52 bits per heavy atom. The Kier molecular flexibility index (Phi) is 4.15. The maximum absolute atomic E-state index is 13.2. The number of halogens is 1. The van der Waals surface area contributed by atoms with Crippen molar-refractivity contribution < 1.29 is 18.5 Å². The minimum absolute atomic E-state index is 0.111. The first-order valence-electron chi connectivity index (χ1n) is 9.99. The fourth-order valence-electron chi connectivity index (χ4n) is 4.47. The Bertz CT molecular complexity index is 1380. The lowest BCUT2D eigenvalue weighted by Gasteiger charge is -2.34. The minimum Gasteiger partial charge on any atom is -0.366 e. The maximum atomic E-state index is 13.2. The average molecular weight is 420 g/mol. The van der Waals surface area contributed by atoms with E-state index in [0.717, 1.165) is 33.2 Å². The number of rotatable bonds is 3. The molecule has 2 N–H and O–H groups in total. The maximum Gasteiger partial charge on any atom is 0.254 e. The molecule has 0 aliphatic carbocycles. The van der Waals surface area contributed by atoms with Crippen LogP contribution in [0.1, 0.15) is 32.2 Å². The molecule has 5 rings (SSSR count). The zero-order chi connectivity index (χ0) is 22.0. The van der Waals surface area contributed by atoms with E-state index in [4.69, 9.17) is 10.3 Å². The van der Waals surface area contributed by atoms with Gasteiger partial charge in [0, 0.05) is 40.0 Å². The van der Waals surface area contributed by atoms with Gasteiger partial charge in [0.15, 0.2) is 0 Å². The minimum atomic E-state index is -0.963. The summed E-state index contributed by atoms with van der Waals surface area (Å²) in [6.07, 6.45) is -0.963. The number of nitrogens with zero attached hydrogens (tertiary/aromatic N) is 3. The summed E-state index contributed by atoms with van der Waals surface area (Å²) in [7, 11) is 1.90. The molecule has 2 amide bonds. The van der Waals surface area contributed by atoms with Crippen molar-refractivity contribution in [2.24, 2.45) is 12.8 Å². The van der Waals surface area contributed by atoms with Gasteiger partial charge in [-0.1, -0.05) is 5.16 Å². The van der Waals surface area contributed by atoms with Crippen molar-refractivity contribution in [2.75, 3.05) is 13.1 Å². The number of hydrogen-bond acceptors (Lipinski definition) is 4. The summed E-state index contributed by atoms with van der Waals surface area (Å²) in [4.78, 5) is 26.6. The molecule has 1 aliphatic heterocycles. The monoisotopic (exact) mass is 420 g/mol. The zero-order valence-corrected chi connectivity index (χ0v) is 17.4. The van der Waals surface area contributed by atoms with Crippen molar-refractivity contribution in [1.82, 2.24) is 14.6 Å². The van der Waals surface area contributed by atoms with Crippen molar-refractivity contribution in [1.29, 1.82) is 0 Å². The number of amides is 2. The molecule has 2 aromatic heterocycles. The third-order valence-corrected chi connectivity index (χ3v) is 6.06. The number of benzene rings is 2. The van der Waals surface area contributed by atoms with E-state index in [1.165, 1.54) is 4.90 Å². The van der Waals surface area contributed by atoms with Gasteiger partial charge < -0.3 is 19.7 Å². The molecular formula is C23H21FN4O3. The second-order valence-electron chi connectivity index (χ2n) is 8.08. The van der Waals surface area contributed by atoms with Gasteiger partial charge in [-0.3, -0.25) is 9.59 Å². The summed E-state index contributed by atoms with van der Waals surface area (Å²) in [5.74, 6) is -0.133. The topological polar surface area (TPSA) is 94.4 Å². The number of carbonyl (C=O) groups is 2. The fraction of sp³-hybridized carbons (Fsp3) is 0.261. The van der Waals surface area contributed by atoms with Gasteiger partial charge in [0.25, 0.3) is 5.91 Å². The summed E-state index contributed by atoms with van der Waals surface area (Å²) < 4.78 is 20.5. The number of carbonyl (C=O) groups excluding carboxylic acids is 2. The summed E-state index contributed by atoms with van der Waals surface area (Å²) in [6.45, 7) is 3.89. The second kappa shape index (κ2) is 6.66. The molecule has 3 heterocycles. The van der Waals surface area contributed by atoms with E-state index in [9.17, 15) is 14.0 Å². The highest BCUT2D eigenvalue weighted by Crippen LogP contribution is 2.37. The predicted molar refractivity (Wildman–Crippen MR) is 115 cm³/mol. The molecule has 0 radical (unpaired) electrons. The third kappa shape index (κ3) is 2.82. The number of aromatic nitrogens is 2. The Balaban J connectivity index is 1.76. The number of hydrogen-bond donors (Lipinski definition) is 1. The molecule has 1 fully saturated rings. The van der Waals surface area contributed by atoms with Crippen molar-refractivity contribution in [3.05, 3.63) is 52.9 Å². The zero-order valence-electron chi connectivity index (χ0n) is 17.4. The molecular weight excluding hydrogens is 399 g/mol. The summed E-state index contributed by atoms with van der Waals surface area (Å²) in [6, 6.07) is 9.05. The Morgan fingerprint density at radius 2 is 1.90 bits per heavy atom. The van der Waals surface area contributed by atoms with E-state index >= 15 is 0 Å². The van der Waals surface area contributed by atoms with Crippen LogP contribution in [0.4, 0.5) is 4.39 Å². The van der Waals surface area contributed by atoms with Gasteiger partial charge in [0.05, 0.1) is 24.3 Å². The van der Waals surface area contributed by atoms with E-state index in [2.05, 4.69) is 5.16 Å². The van der Waals surface area contributed by atoms with Crippen LogP contribution in [-0.2, 0) is 7.05 Å². The van der Waals surface area contributed by atoms with Crippen LogP contribution in [0, 0.1) is 13.8 Å². The van der Waals surface area contributed by atoms with Gasteiger partial charge in [-0.15, -0.1) is 0 Å². The molecule has 31 heavy (non-hydrogen) atoms. The molecule has 1 aliphatic rings. The number of primary amides is 1. The van der Waals surface area contributed by atoms with Crippen LogP contribution in [0.25, 0.3) is 32.9 Å². The smallest absolute Gasteiger partial charge is 0.254 e. The molecule has 4 aromatic rings. The molecule has 0 unspecified atom stereocenters. The van der Waals surface area contributed by atoms with Crippen molar-refractivity contribution in [2.45, 2.75) is 20.0 Å². The summed E-state index contributed by atoms with van der Waals surface area (Å²) in [5, 5.41) is 5.44. The van der Waals surface area contributed by atoms with Gasteiger partial charge in [0.2, 0.25) is 5.91 Å². The Morgan fingerprint density at radius 1 is 1.16 bits per heavy atom. The molecule has 1 saturated heterocycles. The molecule has 0 atom stereocenters. The first kappa shape index (κ1) is 19.3. The summed E-state index contributed by atoms with van der Waals surface area (Å²) >= 11 is 0. The second-order valence-corrected chi connectivity index (χ2v) is 8.08. The van der Waals surface area contributed by atoms with E-state index < -0.39 is 12.1 Å². The van der Waals surface area contributed by atoms with Crippen molar-refractivity contribution in [3.8, 4) is 11.1 Å². The lowest BCUT2D eigenvalue weighted by molar-refractivity contribution is 0.0400. The van der Waals surface area contributed by atoms with Crippen LogP contribution in [0.5, 0.6) is 0 Å².